The SMILES string of the molecule is C[Si]1(C)c2ccccc2-c2ccc(-c3nc(-c4ccc(-c5ccccc5)cc4)nc(-c4cccc(-c5ccccc5)c4)n3)cc21. The van der Waals surface area contributed by atoms with Crippen molar-refractivity contribution in [2.24, 2.45) is 0 Å². The Balaban J connectivity index is 1.27. The van der Waals surface area contributed by atoms with Gasteiger partial charge in [-0.2, -0.15) is 0 Å². The van der Waals surface area contributed by atoms with E-state index in [9.17, 15) is 0 Å². The van der Waals surface area contributed by atoms with E-state index in [-0.39, 0.29) is 0 Å². The van der Waals surface area contributed by atoms with Gasteiger partial charge in [-0.15, -0.1) is 0 Å². The summed E-state index contributed by atoms with van der Waals surface area (Å²) in [6, 6.07) is 53.5. The number of rotatable bonds is 5. The van der Waals surface area contributed by atoms with E-state index >= 15 is 0 Å². The summed E-state index contributed by atoms with van der Waals surface area (Å²) in [6.45, 7) is 4.88. The molecule has 0 spiro atoms. The van der Waals surface area contributed by atoms with Crippen molar-refractivity contribution in [3.8, 4) is 67.5 Å². The standard InChI is InChI=1S/C41H31N3Si/c1-45(2)37-19-10-9-18-35(37)36-25-24-34(27-38(36)45)41-43-39(31-22-20-30(21-23-31)28-12-5-3-6-13-28)42-40(44-41)33-17-11-16-32(26-33)29-14-7-4-8-15-29/h3-27H,1-2H3. The summed E-state index contributed by atoms with van der Waals surface area (Å²) in [4.78, 5) is 15.3. The molecule has 0 bridgehead atoms. The highest BCUT2D eigenvalue weighted by Crippen LogP contribution is 2.33. The van der Waals surface area contributed by atoms with E-state index in [4.69, 9.17) is 15.0 Å². The zero-order chi connectivity index (χ0) is 30.4. The van der Waals surface area contributed by atoms with E-state index in [1.807, 2.05) is 12.1 Å². The van der Waals surface area contributed by atoms with Gasteiger partial charge < -0.3 is 0 Å². The van der Waals surface area contributed by atoms with E-state index in [2.05, 4.69) is 153 Å². The van der Waals surface area contributed by atoms with Crippen molar-refractivity contribution >= 4 is 18.4 Å². The monoisotopic (exact) mass is 593 g/mol. The van der Waals surface area contributed by atoms with Crippen molar-refractivity contribution in [3.63, 3.8) is 0 Å². The molecule has 1 aromatic heterocycles. The third-order valence-corrected chi connectivity index (χ3v) is 12.5. The Bertz CT molecular complexity index is 2170. The van der Waals surface area contributed by atoms with Crippen molar-refractivity contribution in [2.75, 3.05) is 0 Å². The summed E-state index contributed by atoms with van der Waals surface area (Å²) >= 11 is 0. The maximum absolute atomic E-state index is 5.11. The van der Waals surface area contributed by atoms with E-state index in [0.717, 1.165) is 33.4 Å². The first kappa shape index (κ1) is 27.1. The van der Waals surface area contributed by atoms with Crippen LogP contribution in [0.3, 0.4) is 0 Å². The smallest absolute Gasteiger partial charge is 0.164 e. The summed E-state index contributed by atoms with van der Waals surface area (Å²) in [5, 5.41) is 2.92. The summed E-state index contributed by atoms with van der Waals surface area (Å²) < 4.78 is 0. The minimum Gasteiger partial charge on any atom is -0.208 e. The van der Waals surface area contributed by atoms with Crippen molar-refractivity contribution in [1.29, 1.82) is 0 Å². The first-order valence-corrected chi connectivity index (χ1v) is 18.4. The Morgan fingerprint density at radius 3 is 1.47 bits per heavy atom. The van der Waals surface area contributed by atoms with Gasteiger partial charge in [-0.25, -0.2) is 15.0 Å². The van der Waals surface area contributed by atoms with Crippen LogP contribution in [0.4, 0.5) is 0 Å². The number of hydrogen-bond acceptors (Lipinski definition) is 3. The second kappa shape index (κ2) is 10.9. The Labute approximate surface area is 265 Å². The molecule has 0 unspecified atom stereocenters. The highest BCUT2D eigenvalue weighted by atomic mass is 28.3. The van der Waals surface area contributed by atoms with Crippen LogP contribution >= 0.6 is 0 Å². The fourth-order valence-electron chi connectivity index (χ4n) is 6.52. The van der Waals surface area contributed by atoms with Crippen LogP contribution in [-0.2, 0) is 0 Å². The largest absolute Gasteiger partial charge is 0.208 e. The van der Waals surface area contributed by atoms with Crippen LogP contribution in [0.15, 0.2) is 152 Å². The van der Waals surface area contributed by atoms with Gasteiger partial charge in [-0.3, -0.25) is 0 Å². The second-order valence-corrected chi connectivity index (χ2v) is 16.5. The zero-order valence-corrected chi connectivity index (χ0v) is 26.3. The molecule has 45 heavy (non-hydrogen) atoms. The van der Waals surface area contributed by atoms with Gasteiger partial charge in [0.25, 0.3) is 0 Å². The molecular weight excluding hydrogens is 563 g/mol. The van der Waals surface area contributed by atoms with Crippen LogP contribution in [0.2, 0.25) is 13.1 Å². The molecule has 1 aliphatic heterocycles. The predicted octanol–water partition coefficient (Wildman–Crippen LogP) is 9.01. The van der Waals surface area contributed by atoms with E-state index in [0.29, 0.717) is 17.5 Å². The molecule has 0 N–H and O–H groups in total. The zero-order valence-electron chi connectivity index (χ0n) is 25.3. The number of hydrogen-bond donors (Lipinski definition) is 0. The third kappa shape index (κ3) is 4.90. The van der Waals surface area contributed by atoms with Gasteiger partial charge in [0.05, 0.1) is 0 Å². The van der Waals surface area contributed by atoms with Crippen molar-refractivity contribution in [3.05, 3.63) is 152 Å². The van der Waals surface area contributed by atoms with Crippen LogP contribution in [0.25, 0.3) is 67.5 Å². The lowest BCUT2D eigenvalue weighted by Crippen LogP contribution is -2.49. The summed E-state index contributed by atoms with van der Waals surface area (Å²) in [7, 11) is -1.86. The van der Waals surface area contributed by atoms with E-state index in [1.165, 1.54) is 27.1 Å². The molecule has 0 saturated heterocycles. The van der Waals surface area contributed by atoms with Gasteiger partial charge in [-0.1, -0.05) is 159 Å². The maximum atomic E-state index is 5.11. The highest BCUT2D eigenvalue weighted by molar-refractivity contribution is 7.03. The number of benzene rings is 6. The van der Waals surface area contributed by atoms with Crippen molar-refractivity contribution in [2.45, 2.75) is 13.1 Å². The molecule has 0 aliphatic carbocycles. The number of nitrogens with zero attached hydrogens (tertiary/aromatic N) is 3. The molecule has 0 saturated carbocycles. The fraction of sp³-hybridized carbons (Fsp3) is 0.0488. The molecule has 2 heterocycles. The number of fused-ring (bicyclic) bond motifs is 3. The highest BCUT2D eigenvalue weighted by Gasteiger charge is 2.37. The summed E-state index contributed by atoms with van der Waals surface area (Å²) in [5.74, 6) is 2.02. The molecule has 8 rings (SSSR count). The Morgan fingerprint density at radius 2 is 0.778 bits per heavy atom. The van der Waals surface area contributed by atoms with Gasteiger partial charge in [-0.05, 0) is 49.8 Å². The normalized spacial score (nSPS) is 12.8. The lowest BCUT2D eigenvalue weighted by molar-refractivity contribution is 1.07. The van der Waals surface area contributed by atoms with Crippen LogP contribution in [0.5, 0.6) is 0 Å². The van der Waals surface area contributed by atoms with E-state index in [1.54, 1.807) is 0 Å². The third-order valence-electron chi connectivity index (χ3n) is 8.96. The minimum absolute atomic E-state index is 0.667. The molecule has 0 radical (unpaired) electrons. The minimum atomic E-state index is -1.86. The predicted molar refractivity (Wildman–Crippen MR) is 189 cm³/mol. The molecule has 6 aromatic carbocycles. The lowest BCUT2D eigenvalue weighted by Gasteiger charge is -2.19. The van der Waals surface area contributed by atoms with Gasteiger partial charge in [0, 0.05) is 16.7 Å². The Morgan fingerprint density at radius 1 is 0.333 bits per heavy atom. The summed E-state index contributed by atoms with van der Waals surface area (Å²) in [6.07, 6.45) is 0. The van der Waals surface area contributed by atoms with E-state index < -0.39 is 8.07 Å². The van der Waals surface area contributed by atoms with Crippen LogP contribution in [0.1, 0.15) is 0 Å². The quantitative estimate of drug-likeness (QED) is 0.187. The van der Waals surface area contributed by atoms with Gasteiger partial charge in [0.2, 0.25) is 0 Å². The fourth-order valence-corrected chi connectivity index (χ4v) is 9.62. The Hall–Kier alpha value is -5.45. The first-order chi connectivity index (χ1) is 22.0. The molecule has 0 atom stereocenters. The van der Waals surface area contributed by atoms with Gasteiger partial charge in [0.15, 0.2) is 17.5 Å². The number of aromatic nitrogens is 3. The average Bonchev–Trinajstić information content (AvgIpc) is 3.34. The van der Waals surface area contributed by atoms with Crippen LogP contribution < -0.4 is 10.4 Å². The average molecular weight is 594 g/mol. The van der Waals surface area contributed by atoms with Crippen molar-refractivity contribution < 1.29 is 0 Å². The maximum Gasteiger partial charge on any atom is 0.164 e. The molecule has 3 nitrogen and oxygen atoms in total. The Kier molecular flexibility index (Phi) is 6.58. The van der Waals surface area contributed by atoms with Gasteiger partial charge >= 0.3 is 0 Å². The molecule has 4 heteroatoms. The molecule has 0 amide bonds. The molecular formula is C41H31N3Si. The molecule has 1 aliphatic rings. The van der Waals surface area contributed by atoms with Gasteiger partial charge in [0.1, 0.15) is 8.07 Å². The van der Waals surface area contributed by atoms with Crippen molar-refractivity contribution in [1.82, 2.24) is 15.0 Å². The van der Waals surface area contributed by atoms with Crippen LogP contribution in [-0.4, -0.2) is 23.0 Å². The molecule has 0 fully saturated rings. The van der Waals surface area contributed by atoms with Crippen LogP contribution in [0, 0.1) is 0 Å². The second-order valence-electron chi connectivity index (χ2n) is 12.1. The molecule has 7 aromatic rings. The molecule has 214 valence electrons. The first-order valence-electron chi connectivity index (χ1n) is 15.4. The topological polar surface area (TPSA) is 38.7 Å². The summed E-state index contributed by atoms with van der Waals surface area (Å²) in [5.41, 5.74) is 10.3. The lowest BCUT2D eigenvalue weighted by atomic mass is 10.0.